The van der Waals surface area contributed by atoms with E-state index in [4.69, 9.17) is 0 Å². The van der Waals surface area contributed by atoms with Crippen molar-refractivity contribution in [3.05, 3.63) is 41.5 Å². The van der Waals surface area contributed by atoms with Crippen molar-refractivity contribution in [2.24, 2.45) is 0 Å². The number of carbonyl (C=O) groups is 3. The number of ketones is 3. The van der Waals surface area contributed by atoms with Gasteiger partial charge in [-0.2, -0.15) is 0 Å². The molecule has 0 aliphatic heterocycles. The predicted octanol–water partition coefficient (Wildman–Crippen LogP) is 2.18. The highest BCUT2D eigenvalue weighted by atomic mass is 16.2. The third-order valence-electron chi connectivity index (χ3n) is 3.65. The standard InChI is InChI=1S/C17H19NO3/c1-3-6-15(11(2)19)18-10-12-9-16(20)17(21)14-8-5-4-7-13(12)14/h4-5,7-9,15,18H,3,6,10H2,1-2H3. The summed E-state index contributed by atoms with van der Waals surface area (Å²) in [5.41, 5.74) is 1.97. The van der Waals surface area contributed by atoms with Crippen molar-refractivity contribution < 1.29 is 14.4 Å². The highest BCUT2D eigenvalue weighted by Gasteiger charge is 2.25. The van der Waals surface area contributed by atoms with Crippen LogP contribution in [0.2, 0.25) is 0 Å². The van der Waals surface area contributed by atoms with E-state index in [2.05, 4.69) is 5.32 Å². The Labute approximate surface area is 124 Å². The van der Waals surface area contributed by atoms with Gasteiger partial charge in [0.15, 0.2) is 0 Å². The van der Waals surface area contributed by atoms with Crippen LogP contribution in [0.15, 0.2) is 30.3 Å². The molecule has 0 heterocycles. The van der Waals surface area contributed by atoms with Crippen molar-refractivity contribution in [3.63, 3.8) is 0 Å². The van der Waals surface area contributed by atoms with Gasteiger partial charge in [0.25, 0.3) is 0 Å². The summed E-state index contributed by atoms with van der Waals surface area (Å²) in [7, 11) is 0. The molecule has 1 aromatic carbocycles. The quantitative estimate of drug-likeness (QED) is 0.814. The zero-order valence-corrected chi connectivity index (χ0v) is 12.3. The molecule has 1 aliphatic rings. The second kappa shape index (κ2) is 6.59. The second-order valence-corrected chi connectivity index (χ2v) is 5.24. The second-order valence-electron chi connectivity index (χ2n) is 5.24. The SMILES string of the molecule is CCCC(NCC1=CC(=O)C(=O)c2ccccc21)C(C)=O. The lowest BCUT2D eigenvalue weighted by Crippen LogP contribution is -2.37. The molecule has 21 heavy (non-hydrogen) atoms. The topological polar surface area (TPSA) is 63.2 Å². The molecule has 4 heteroatoms. The van der Waals surface area contributed by atoms with E-state index in [9.17, 15) is 14.4 Å². The molecular formula is C17H19NO3. The lowest BCUT2D eigenvalue weighted by atomic mass is 9.89. The minimum atomic E-state index is -0.500. The molecule has 1 N–H and O–H groups in total. The molecule has 2 rings (SSSR count). The fourth-order valence-electron chi connectivity index (χ4n) is 2.51. The Morgan fingerprint density at radius 2 is 1.86 bits per heavy atom. The molecule has 4 nitrogen and oxygen atoms in total. The van der Waals surface area contributed by atoms with Gasteiger partial charge in [0.05, 0.1) is 6.04 Å². The largest absolute Gasteiger partial charge is 0.303 e. The summed E-state index contributed by atoms with van der Waals surface area (Å²) in [4.78, 5) is 35.2. The van der Waals surface area contributed by atoms with Gasteiger partial charge in [0.1, 0.15) is 5.78 Å². The zero-order valence-electron chi connectivity index (χ0n) is 12.3. The molecule has 1 atom stereocenters. The smallest absolute Gasteiger partial charge is 0.233 e. The number of fused-ring (bicyclic) bond motifs is 1. The first-order valence-electron chi connectivity index (χ1n) is 7.17. The predicted molar refractivity (Wildman–Crippen MR) is 81.1 cm³/mol. The van der Waals surface area contributed by atoms with Crippen molar-refractivity contribution >= 4 is 22.9 Å². The van der Waals surface area contributed by atoms with Crippen molar-refractivity contribution in [1.29, 1.82) is 0 Å². The molecule has 0 amide bonds. The highest BCUT2D eigenvalue weighted by molar-refractivity contribution is 6.50. The summed E-state index contributed by atoms with van der Waals surface area (Å²) in [5.74, 6) is -0.879. The molecule has 0 aromatic heterocycles. The average Bonchev–Trinajstić information content (AvgIpc) is 2.48. The van der Waals surface area contributed by atoms with Crippen LogP contribution in [0, 0.1) is 0 Å². The average molecular weight is 285 g/mol. The molecule has 110 valence electrons. The van der Waals surface area contributed by atoms with Crippen LogP contribution in [0.25, 0.3) is 5.57 Å². The number of benzene rings is 1. The number of rotatable bonds is 6. The van der Waals surface area contributed by atoms with Crippen molar-refractivity contribution in [3.8, 4) is 0 Å². The number of allylic oxidation sites excluding steroid dienone is 1. The number of Topliss-reactive ketones (excluding diaryl/α,β-unsaturated/α-hetero) is 2. The van der Waals surface area contributed by atoms with E-state index < -0.39 is 11.6 Å². The minimum absolute atomic E-state index is 0.0870. The van der Waals surface area contributed by atoms with E-state index in [-0.39, 0.29) is 11.8 Å². The van der Waals surface area contributed by atoms with Crippen molar-refractivity contribution in [1.82, 2.24) is 5.32 Å². The van der Waals surface area contributed by atoms with E-state index in [1.54, 1.807) is 19.1 Å². The Kier molecular flexibility index (Phi) is 4.81. The van der Waals surface area contributed by atoms with Gasteiger partial charge in [0, 0.05) is 12.1 Å². The Morgan fingerprint density at radius 1 is 1.19 bits per heavy atom. The fourth-order valence-corrected chi connectivity index (χ4v) is 2.51. The van der Waals surface area contributed by atoms with E-state index in [0.717, 1.165) is 24.0 Å². The van der Waals surface area contributed by atoms with Gasteiger partial charge in [-0.05, 0) is 30.6 Å². The summed E-state index contributed by atoms with van der Waals surface area (Å²) < 4.78 is 0. The summed E-state index contributed by atoms with van der Waals surface area (Å²) >= 11 is 0. The van der Waals surface area contributed by atoms with Crippen molar-refractivity contribution in [2.75, 3.05) is 6.54 Å². The minimum Gasteiger partial charge on any atom is -0.303 e. The first-order chi connectivity index (χ1) is 10.0. The molecular weight excluding hydrogens is 266 g/mol. The molecule has 1 aromatic rings. The van der Waals surface area contributed by atoms with E-state index in [1.807, 2.05) is 19.1 Å². The first kappa shape index (κ1) is 15.3. The normalized spacial score (nSPS) is 15.4. The van der Waals surface area contributed by atoms with Crippen LogP contribution in [0.1, 0.15) is 42.6 Å². The van der Waals surface area contributed by atoms with Crippen LogP contribution in [0.5, 0.6) is 0 Å². The van der Waals surface area contributed by atoms with Crippen molar-refractivity contribution in [2.45, 2.75) is 32.7 Å². The molecule has 0 saturated carbocycles. The van der Waals surface area contributed by atoms with E-state index in [0.29, 0.717) is 12.1 Å². The van der Waals surface area contributed by atoms with Gasteiger partial charge in [0.2, 0.25) is 11.6 Å². The van der Waals surface area contributed by atoms with Crippen LogP contribution in [0.4, 0.5) is 0 Å². The summed E-state index contributed by atoms with van der Waals surface area (Å²) in [6.07, 6.45) is 3.04. The lowest BCUT2D eigenvalue weighted by Gasteiger charge is -2.20. The summed E-state index contributed by atoms with van der Waals surface area (Å²) in [6, 6.07) is 6.86. The van der Waals surface area contributed by atoms with Crippen LogP contribution >= 0.6 is 0 Å². The van der Waals surface area contributed by atoms with Crippen LogP contribution in [0.3, 0.4) is 0 Å². The Bertz CT molecular complexity index is 616. The molecule has 0 bridgehead atoms. The first-order valence-corrected chi connectivity index (χ1v) is 7.17. The summed E-state index contributed by atoms with van der Waals surface area (Å²) in [6.45, 7) is 3.99. The zero-order chi connectivity index (χ0) is 15.4. The van der Waals surface area contributed by atoms with Gasteiger partial charge in [-0.25, -0.2) is 0 Å². The highest BCUT2D eigenvalue weighted by Crippen LogP contribution is 2.24. The van der Waals surface area contributed by atoms with Gasteiger partial charge in [-0.1, -0.05) is 37.6 Å². The fraction of sp³-hybridized carbons (Fsp3) is 0.353. The molecule has 0 spiro atoms. The molecule has 0 radical (unpaired) electrons. The third-order valence-corrected chi connectivity index (χ3v) is 3.65. The molecule has 0 fully saturated rings. The van der Waals surface area contributed by atoms with Crippen LogP contribution < -0.4 is 5.32 Å². The maximum Gasteiger partial charge on any atom is 0.233 e. The Hall–Kier alpha value is -2.07. The van der Waals surface area contributed by atoms with Gasteiger partial charge < -0.3 is 5.32 Å². The lowest BCUT2D eigenvalue weighted by molar-refractivity contribution is -0.119. The number of hydrogen-bond acceptors (Lipinski definition) is 4. The van der Waals surface area contributed by atoms with Gasteiger partial charge >= 0.3 is 0 Å². The van der Waals surface area contributed by atoms with Crippen LogP contribution in [-0.2, 0) is 9.59 Å². The Morgan fingerprint density at radius 3 is 2.48 bits per heavy atom. The van der Waals surface area contributed by atoms with Gasteiger partial charge in [-0.3, -0.25) is 14.4 Å². The van der Waals surface area contributed by atoms with Gasteiger partial charge in [-0.15, -0.1) is 0 Å². The Balaban J connectivity index is 2.20. The monoisotopic (exact) mass is 285 g/mol. The van der Waals surface area contributed by atoms with E-state index >= 15 is 0 Å². The maximum atomic E-state index is 11.8. The number of carbonyl (C=O) groups excluding carboxylic acids is 3. The molecule has 1 unspecified atom stereocenters. The summed E-state index contributed by atoms with van der Waals surface area (Å²) in [5, 5.41) is 3.18. The molecule has 0 saturated heterocycles. The third kappa shape index (κ3) is 3.34. The number of hydrogen-bond donors (Lipinski definition) is 1. The maximum absolute atomic E-state index is 11.8. The number of nitrogens with one attached hydrogen (secondary N) is 1. The molecule has 1 aliphatic carbocycles. The van der Waals surface area contributed by atoms with E-state index in [1.165, 1.54) is 6.08 Å². The van der Waals surface area contributed by atoms with Crippen LogP contribution in [-0.4, -0.2) is 29.9 Å².